The van der Waals surface area contributed by atoms with Crippen LogP contribution in [0, 0.1) is 0 Å². The third-order valence-electron chi connectivity index (χ3n) is 2.77. The van der Waals surface area contributed by atoms with Crippen LogP contribution >= 0.6 is 15.9 Å². The monoisotopic (exact) mass is 325 g/mol. The van der Waals surface area contributed by atoms with Gasteiger partial charge < -0.3 is 10.0 Å². The molecule has 0 fully saturated rings. The smallest absolute Gasteiger partial charge is 0.123 e. The van der Waals surface area contributed by atoms with Crippen LogP contribution in [0.5, 0.6) is 0 Å². The number of nitrogens with zero attached hydrogens (tertiary/aromatic N) is 5. The maximum atomic E-state index is 10.4. The summed E-state index contributed by atoms with van der Waals surface area (Å²) in [6.45, 7) is 1.56. The summed E-state index contributed by atoms with van der Waals surface area (Å²) in [6.07, 6.45) is 4.05. The highest BCUT2D eigenvalue weighted by atomic mass is 79.9. The van der Waals surface area contributed by atoms with Crippen molar-refractivity contribution in [1.82, 2.24) is 24.9 Å². The fraction of sp³-hybridized carbons (Fsp3) is 0.417. The first-order valence-electron chi connectivity index (χ1n) is 5.90. The maximum Gasteiger partial charge on any atom is 0.123 e. The highest BCUT2D eigenvalue weighted by molar-refractivity contribution is 9.10. The van der Waals surface area contributed by atoms with Gasteiger partial charge in [0.15, 0.2) is 0 Å². The van der Waals surface area contributed by atoms with E-state index in [4.69, 9.17) is 0 Å². The fourth-order valence-corrected chi connectivity index (χ4v) is 2.25. The minimum absolute atomic E-state index is 0.697. The van der Waals surface area contributed by atoms with E-state index in [1.54, 1.807) is 29.3 Å². The summed E-state index contributed by atoms with van der Waals surface area (Å²) < 4.78 is 2.59. The average molecular weight is 326 g/mol. The van der Waals surface area contributed by atoms with E-state index in [9.17, 15) is 5.11 Å². The summed E-state index contributed by atoms with van der Waals surface area (Å²) in [5.41, 5.74) is 1.43. The van der Waals surface area contributed by atoms with Gasteiger partial charge in [0.05, 0.1) is 29.1 Å². The first kappa shape index (κ1) is 14.1. The number of aliphatic hydroxyl groups excluding tert-OH is 1. The molecule has 0 radical (unpaired) electrons. The second kappa shape index (κ2) is 6.23. The normalized spacial score (nSPS) is 12.9. The molecular formula is C12H16BrN5O. The van der Waals surface area contributed by atoms with Gasteiger partial charge >= 0.3 is 0 Å². The average Bonchev–Trinajstić information content (AvgIpc) is 2.78. The lowest BCUT2D eigenvalue weighted by atomic mass is 10.1. The Bertz CT molecular complexity index is 528. The summed E-state index contributed by atoms with van der Waals surface area (Å²) >= 11 is 3.43. The van der Waals surface area contributed by atoms with Crippen molar-refractivity contribution in [2.75, 3.05) is 20.6 Å². The molecule has 2 rings (SSSR count). The van der Waals surface area contributed by atoms with Crippen LogP contribution in [0.25, 0.3) is 0 Å². The molecule has 0 aliphatic rings. The number of aromatic nitrogens is 4. The van der Waals surface area contributed by atoms with Crippen molar-refractivity contribution in [3.05, 3.63) is 40.4 Å². The van der Waals surface area contributed by atoms with Crippen LogP contribution in [0.4, 0.5) is 0 Å². The Morgan fingerprint density at radius 3 is 2.79 bits per heavy atom. The second-order valence-corrected chi connectivity index (χ2v) is 5.34. The van der Waals surface area contributed by atoms with E-state index >= 15 is 0 Å². The molecule has 102 valence electrons. The molecule has 7 heteroatoms. The number of rotatable bonds is 5. The van der Waals surface area contributed by atoms with Crippen LogP contribution in [-0.4, -0.2) is 50.6 Å². The van der Waals surface area contributed by atoms with Gasteiger partial charge in [0, 0.05) is 18.3 Å². The predicted octanol–water partition coefficient (Wildman–Crippen LogP) is 1.08. The van der Waals surface area contributed by atoms with Crippen LogP contribution in [0.15, 0.2) is 29.1 Å². The molecule has 1 unspecified atom stereocenters. The van der Waals surface area contributed by atoms with Crippen molar-refractivity contribution in [2.24, 2.45) is 0 Å². The van der Waals surface area contributed by atoms with Crippen LogP contribution in [0.1, 0.15) is 17.4 Å². The Morgan fingerprint density at radius 2 is 2.16 bits per heavy atom. The molecule has 0 aliphatic heterocycles. The molecular weight excluding hydrogens is 310 g/mol. The maximum absolute atomic E-state index is 10.4. The SMILES string of the molecule is CN(C)CCn1ncc(Br)c1C(O)c1ccnnc1. The second-order valence-electron chi connectivity index (χ2n) is 4.48. The Morgan fingerprint density at radius 1 is 1.37 bits per heavy atom. The summed E-state index contributed by atoms with van der Waals surface area (Å²) in [6, 6.07) is 1.74. The largest absolute Gasteiger partial charge is 0.382 e. The molecule has 0 aromatic carbocycles. The number of halogens is 1. The van der Waals surface area contributed by atoms with Gasteiger partial charge in [-0.1, -0.05) is 0 Å². The van der Waals surface area contributed by atoms with E-state index in [1.807, 2.05) is 14.1 Å². The molecule has 0 aliphatic carbocycles. The van der Waals surface area contributed by atoms with Crippen molar-refractivity contribution in [2.45, 2.75) is 12.6 Å². The minimum atomic E-state index is -0.769. The van der Waals surface area contributed by atoms with Crippen LogP contribution in [-0.2, 0) is 6.54 Å². The molecule has 2 aromatic rings. The van der Waals surface area contributed by atoms with Gasteiger partial charge in [-0.15, -0.1) is 0 Å². The number of hydrogen-bond acceptors (Lipinski definition) is 5. The summed E-state index contributed by atoms with van der Waals surface area (Å²) in [4.78, 5) is 2.07. The zero-order valence-corrected chi connectivity index (χ0v) is 12.4. The Labute approximate surface area is 120 Å². The highest BCUT2D eigenvalue weighted by Gasteiger charge is 2.19. The van der Waals surface area contributed by atoms with Crippen LogP contribution in [0.2, 0.25) is 0 Å². The van der Waals surface area contributed by atoms with E-state index in [2.05, 4.69) is 36.1 Å². The fourth-order valence-electron chi connectivity index (χ4n) is 1.74. The van der Waals surface area contributed by atoms with Gasteiger partial charge in [-0.25, -0.2) is 0 Å². The summed E-state index contributed by atoms with van der Waals surface area (Å²) in [5.74, 6) is 0. The van der Waals surface area contributed by atoms with E-state index in [0.29, 0.717) is 12.1 Å². The molecule has 0 bridgehead atoms. The molecule has 19 heavy (non-hydrogen) atoms. The lowest BCUT2D eigenvalue weighted by molar-refractivity contribution is 0.204. The minimum Gasteiger partial charge on any atom is -0.382 e. The number of likely N-dealkylation sites (N-methyl/N-ethyl adjacent to an activating group) is 1. The van der Waals surface area contributed by atoms with Crippen molar-refractivity contribution in [3.63, 3.8) is 0 Å². The Balaban J connectivity index is 2.26. The van der Waals surface area contributed by atoms with Gasteiger partial charge in [-0.3, -0.25) is 4.68 Å². The molecule has 2 aromatic heterocycles. The van der Waals surface area contributed by atoms with Gasteiger partial charge in [-0.05, 0) is 36.1 Å². The molecule has 0 saturated heterocycles. The van der Waals surface area contributed by atoms with E-state index < -0.39 is 6.10 Å². The lowest BCUT2D eigenvalue weighted by Gasteiger charge is -2.16. The van der Waals surface area contributed by atoms with Gasteiger partial charge in [0.25, 0.3) is 0 Å². The van der Waals surface area contributed by atoms with E-state index in [0.717, 1.165) is 16.7 Å². The van der Waals surface area contributed by atoms with E-state index in [1.165, 1.54) is 0 Å². The van der Waals surface area contributed by atoms with Gasteiger partial charge in [-0.2, -0.15) is 15.3 Å². The lowest BCUT2D eigenvalue weighted by Crippen LogP contribution is -2.21. The standard InChI is InChI=1S/C12H16BrN5O/c1-17(2)5-6-18-11(10(13)8-16-18)12(19)9-3-4-14-15-7-9/h3-4,7-8,12,19H,5-6H2,1-2H3. The van der Waals surface area contributed by atoms with Gasteiger partial charge in [0.2, 0.25) is 0 Å². The Hall–Kier alpha value is -1.31. The van der Waals surface area contributed by atoms with Crippen molar-refractivity contribution in [3.8, 4) is 0 Å². The zero-order chi connectivity index (χ0) is 13.8. The summed E-state index contributed by atoms with van der Waals surface area (Å²) in [7, 11) is 4.00. The predicted molar refractivity (Wildman–Crippen MR) is 74.6 cm³/mol. The van der Waals surface area contributed by atoms with Gasteiger partial charge in [0.1, 0.15) is 6.10 Å². The zero-order valence-electron chi connectivity index (χ0n) is 10.9. The molecule has 1 atom stereocenters. The van der Waals surface area contributed by atoms with Crippen molar-refractivity contribution < 1.29 is 5.11 Å². The number of aliphatic hydroxyl groups is 1. The topological polar surface area (TPSA) is 67.1 Å². The Kier molecular flexibility index (Phi) is 4.62. The number of hydrogen-bond donors (Lipinski definition) is 1. The quantitative estimate of drug-likeness (QED) is 0.891. The first-order valence-corrected chi connectivity index (χ1v) is 6.69. The highest BCUT2D eigenvalue weighted by Crippen LogP contribution is 2.27. The van der Waals surface area contributed by atoms with Crippen LogP contribution < -0.4 is 0 Å². The molecule has 0 saturated carbocycles. The van der Waals surface area contributed by atoms with Crippen molar-refractivity contribution >= 4 is 15.9 Å². The molecule has 0 spiro atoms. The van der Waals surface area contributed by atoms with Crippen LogP contribution in [0.3, 0.4) is 0 Å². The third-order valence-corrected chi connectivity index (χ3v) is 3.39. The molecule has 1 N–H and O–H groups in total. The van der Waals surface area contributed by atoms with E-state index in [-0.39, 0.29) is 0 Å². The first-order chi connectivity index (χ1) is 9.09. The molecule has 2 heterocycles. The third kappa shape index (κ3) is 3.37. The summed E-state index contributed by atoms with van der Waals surface area (Å²) in [5, 5.41) is 22.2. The van der Waals surface area contributed by atoms with Crippen molar-refractivity contribution in [1.29, 1.82) is 0 Å². The molecule has 0 amide bonds. The molecule has 6 nitrogen and oxygen atoms in total.